The van der Waals surface area contributed by atoms with E-state index in [-0.39, 0.29) is 6.04 Å². The molecule has 1 nitrogen and oxygen atoms in total. The third-order valence-electron chi connectivity index (χ3n) is 3.57. The van der Waals surface area contributed by atoms with Crippen molar-refractivity contribution in [3.63, 3.8) is 0 Å². The van der Waals surface area contributed by atoms with Crippen LogP contribution in [0, 0.1) is 11.6 Å². The highest BCUT2D eigenvalue weighted by atomic mass is 19.2. The van der Waals surface area contributed by atoms with E-state index in [4.69, 9.17) is 0 Å². The van der Waals surface area contributed by atoms with Crippen LogP contribution in [0.15, 0.2) is 29.8 Å². The van der Waals surface area contributed by atoms with Crippen LogP contribution in [0.2, 0.25) is 0 Å². The lowest BCUT2D eigenvalue weighted by atomic mass is 9.89. The Bertz CT molecular complexity index is 454. The molecule has 1 aliphatic rings. The molecular weight excluding hydrogens is 244 g/mol. The summed E-state index contributed by atoms with van der Waals surface area (Å²) in [5.41, 5.74) is 2.13. The number of nitrogens with one attached hydrogen (secondary N) is 1. The molecule has 1 aromatic rings. The van der Waals surface area contributed by atoms with E-state index in [1.54, 1.807) is 6.07 Å². The zero-order valence-electron chi connectivity index (χ0n) is 11.4. The molecule has 0 spiro atoms. The highest BCUT2D eigenvalue weighted by Gasteiger charge is 2.18. The lowest BCUT2D eigenvalue weighted by Crippen LogP contribution is -2.25. The van der Waals surface area contributed by atoms with Gasteiger partial charge in [0.25, 0.3) is 0 Å². The summed E-state index contributed by atoms with van der Waals surface area (Å²) in [6.07, 6.45) is 7.80. The molecule has 0 aliphatic heterocycles. The van der Waals surface area contributed by atoms with Gasteiger partial charge in [0.15, 0.2) is 11.6 Å². The van der Waals surface area contributed by atoms with Crippen molar-refractivity contribution in [2.45, 2.75) is 45.1 Å². The van der Waals surface area contributed by atoms with Crippen LogP contribution in [0.1, 0.15) is 50.6 Å². The molecule has 0 fully saturated rings. The van der Waals surface area contributed by atoms with E-state index in [2.05, 4.69) is 18.3 Å². The van der Waals surface area contributed by atoms with Crippen molar-refractivity contribution in [1.29, 1.82) is 0 Å². The fourth-order valence-corrected chi connectivity index (χ4v) is 2.57. The van der Waals surface area contributed by atoms with Crippen LogP contribution in [-0.4, -0.2) is 6.54 Å². The van der Waals surface area contributed by atoms with Crippen LogP contribution in [0.5, 0.6) is 0 Å². The van der Waals surface area contributed by atoms with E-state index >= 15 is 0 Å². The number of benzene rings is 1. The van der Waals surface area contributed by atoms with Gasteiger partial charge in [0.1, 0.15) is 0 Å². The summed E-state index contributed by atoms with van der Waals surface area (Å²) >= 11 is 0. The van der Waals surface area contributed by atoms with E-state index in [9.17, 15) is 8.78 Å². The third-order valence-corrected chi connectivity index (χ3v) is 3.57. The normalized spacial score (nSPS) is 17.1. The van der Waals surface area contributed by atoms with Gasteiger partial charge in [0, 0.05) is 0 Å². The second kappa shape index (κ2) is 6.80. The Labute approximate surface area is 113 Å². The molecule has 1 unspecified atom stereocenters. The van der Waals surface area contributed by atoms with Crippen LogP contribution in [0.25, 0.3) is 0 Å². The second-order valence-corrected chi connectivity index (χ2v) is 5.09. The molecule has 1 atom stereocenters. The predicted octanol–water partition coefficient (Wildman–Crippen LogP) is 4.51. The second-order valence-electron chi connectivity index (χ2n) is 5.09. The quantitative estimate of drug-likeness (QED) is 0.773. The zero-order valence-corrected chi connectivity index (χ0v) is 11.4. The molecule has 0 radical (unpaired) electrons. The molecule has 3 heteroatoms. The monoisotopic (exact) mass is 265 g/mol. The molecule has 0 amide bonds. The summed E-state index contributed by atoms with van der Waals surface area (Å²) in [5.74, 6) is -1.55. The lowest BCUT2D eigenvalue weighted by molar-refractivity contribution is 0.499. The van der Waals surface area contributed by atoms with Gasteiger partial charge in [-0.15, -0.1) is 0 Å². The summed E-state index contributed by atoms with van der Waals surface area (Å²) in [4.78, 5) is 0. The van der Waals surface area contributed by atoms with Crippen molar-refractivity contribution in [1.82, 2.24) is 5.32 Å². The average molecular weight is 265 g/mol. The van der Waals surface area contributed by atoms with Gasteiger partial charge >= 0.3 is 0 Å². The Hall–Kier alpha value is -1.22. The maximum atomic E-state index is 13.4. The molecule has 2 rings (SSSR count). The van der Waals surface area contributed by atoms with Gasteiger partial charge in [-0.2, -0.15) is 0 Å². The average Bonchev–Trinajstić information content (AvgIpc) is 2.44. The van der Waals surface area contributed by atoms with Crippen molar-refractivity contribution in [3.05, 3.63) is 47.0 Å². The molecule has 1 N–H and O–H groups in total. The fraction of sp³-hybridized carbons (Fsp3) is 0.500. The molecule has 19 heavy (non-hydrogen) atoms. The maximum Gasteiger partial charge on any atom is 0.159 e. The van der Waals surface area contributed by atoms with Crippen LogP contribution in [-0.2, 0) is 0 Å². The van der Waals surface area contributed by atoms with Gasteiger partial charge in [-0.05, 0) is 56.3 Å². The van der Waals surface area contributed by atoms with Crippen LogP contribution in [0.3, 0.4) is 0 Å². The molecule has 1 aliphatic carbocycles. The molecule has 0 saturated carbocycles. The summed E-state index contributed by atoms with van der Waals surface area (Å²) in [6.45, 7) is 2.98. The van der Waals surface area contributed by atoms with Gasteiger partial charge in [0.2, 0.25) is 0 Å². The number of hydrogen-bond acceptors (Lipinski definition) is 1. The summed E-state index contributed by atoms with van der Waals surface area (Å²) < 4.78 is 26.5. The Balaban J connectivity index is 2.25. The number of hydrogen-bond donors (Lipinski definition) is 1. The Morgan fingerprint density at radius 2 is 2.05 bits per heavy atom. The van der Waals surface area contributed by atoms with E-state index in [0.29, 0.717) is 0 Å². The van der Waals surface area contributed by atoms with Gasteiger partial charge in [0.05, 0.1) is 6.04 Å². The van der Waals surface area contributed by atoms with Gasteiger partial charge in [-0.3, -0.25) is 0 Å². The Kier molecular flexibility index (Phi) is 5.08. The molecule has 0 aromatic heterocycles. The maximum absolute atomic E-state index is 13.4. The van der Waals surface area contributed by atoms with Crippen LogP contribution < -0.4 is 5.32 Å². The van der Waals surface area contributed by atoms with E-state index in [0.717, 1.165) is 31.4 Å². The SMILES string of the molecule is CCCNC(C1=CCCCC1)c1ccc(F)c(F)c1. The first-order chi connectivity index (χ1) is 9.22. The van der Waals surface area contributed by atoms with Crippen molar-refractivity contribution in [2.75, 3.05) is 6.54 Å². The van der Waals surface area contributed by atoms with Gasteiger partial charge < -0.3 is 5.32 Å². The van der Waals surface area contributed by atoms with Crippen LogP contribution in [0.4, 0.5) is 8.78 Å². The molecule has 1 aromatic carbocycles. The lowest BCUT2D eigenvalue weighted by Gasteiger charge is -2.25. The Morgan fingerprint density at radius 1 is 1.21 bits per heavy atom. The summed E-state index contributed by atoms with van der Waals surface area (Å²) in [5, 5.41) is 3.44. The summed E-state index contributed by atoms with van der Waals surface area (Å²) in [7, 11) is 0. The minimum Gasteiger partial charge on any atom is -0.307 e. The first-order valence-electron chi connectivity index (χ1n) is 7.09. The molecule has 0 saturated heterocycles. The number of halogens is 2. The highest BCUT2D eigenvalue weighted by molar-refractivity contribution is 5.30. The standard InChI is InChI=1S/C16H21F2N/c1-2-10-19-16(12-6-4-3-5-7-12)13-8-9-14(17)15(18)11-13/h6,8-9,11,16,19H,2-5,7,10H2,1H3. The molecule has 0 heterocycles. The van der Waals surface area contributed by atoms with Gasteiger partial charge in [-0.1, -0.05) is 24.6 Å². The Morgan fingerprint density at radius 3 is 2.68 bits per heavy atom. The van der Waals surface area contributed by atoms with Gasteiger partial charge in [-0.25, -0.2) is 8.78 Å². The minimum absolute atomic E-state index is 0.0235. The van der Waals surface area contributed by atoms with E-state index in [1.807, 2.05) is 0 Å². The molecular formula is C16H21F2N. The number of allylic oxidation sites excluding steroid dienone is 1. The van der Waals surface area contributed by atoms with Crippen LogP contribution >= 0.6 is 0 Å². The van der Waals surface area contributed by atoms with E-state index < -0.39 is 11.6 Å². The van der Waals surface area contributed by atoms with Crippen molar-refractivity contribution < 1.29 is 8.78 Å². The van der Waals surface area contributed by atoms with Crippen molar-refractivity contribution >= 4 is 0 Å². The fourth-order valence-electron chi connectivity index (χ4n) is 2.57. The van der Waals surface area contributed by atoms with E-state index in [1.165, 1.54) is 30.5 Å². The molecule has 104 valence electrons. The zero-order chi connectivity index (χ0) is 13.7. The largest absolute Gasteiger partial charge is 0.307 e. The smallest absolute Gasteiger partial charge is 0.159 e. The highest BCUT2D eigenvalue weighted by Crippen LogP contribution is 2.30. The first kappa shape index (κ1) is 14.2. The van der Waals surface area contributed by atoms with Crippen molar-refractivity contribution in [3.8, 4) is 0 Å². The number of rotatable bonds is 5. The first-order valence-corrected chi connectivity index (χ1v) is 7.09. The van der Waals surface area contributed by atoms with Crippen molar-refractivity contribution in [2.24, 2.45) is 0 Å². The summed E-state index contributed by atoms with van der Waals surface area (Å²) in [6, 6.07) is 4.24. The minimum atomic E-state index is -0.782. The topological polar surface area (TPSA) is 12.0 Å². The predicted molar refractivity (Wildman–Crippen MR) is 73.9 cm³/mol. The third kappa shape index (κ3) is 3.63. The molecule has 0 bridgehead atoms.